The van der Waals surface area contributed by atoms with Gasteiger partial charge in [-0.15, -0.1) is 0 Å². The van der Waals surface area contributed by atoms with E-state index in [0.717, 1.165) is 12.1 Å². The van der Waals surface area contributed by atoms with Crippen molar-refractivity contribution in [2.45, 2.75) is 18.7 Å². The standard InChI is InChI=1S/C19H15F4NO2/c1-24-18-16(12-6-4-7-13(9-12)19(21,22)23)17(25)15(26-18)10-11-5-2-3-8-14(11)20/h2-9,15,24H,10H2,1H3. The van der Waals surface area contributed by atoms with Crippen LogP contribution in [-0.2, 0) is 22.1 Å². The minimum atomic E-state index is -4.52. The number of hydrogen-bond acceptors (Lipinski definition) is 3. The largest absolute Gasteiger partial charge is 0.467 e. The van der Waals surface area contributed by atoms with Gasteiger partial charge in [0.1, 0.15) is 5.82 Å². The van der Waals surface area contributed by atoms with Crippen molar-refractivity contribution in [2.24, 2.45) is 0 Å². The number of carbonyl (C=O) groups is 1. The van der Waals surface area contributed by atoms with E-state index in [-0.39, 0.29) is 23.4 Å². The molecule has 2 aromatic carbocycles. The highest BCUT2D eigenvalue weighted by Crippen LogP contribution is 2.35. The molecule has 0 fully saturated rings. The molecule has 1 atom stereocenters. The monoisotopic (exact) mass is 365 g/mol. The molecule has 0 amide bonds. The number of alkyl halides is 3. The summed E-state index contributed by atoms with van der Waals surface area (Å²) in [4.78, 5) is 12.7. The Morgan fingerprint density at radius 3 is 2.50 bits per heavy atom. The van der Waals surface area contributed by atoms with Crippen molar-refractivity contribution >= 4 is 11.4 Å². The molecular weight excluding hydrogens is 350 g/mol. The number of nitrogens with one attached hydrogen (secondary N) is 1. The molecule has 1 N–H and O–H groups in total. The van der Waals surface area contributed by atoms with E-state index < -0.39 is 29.4 Å². The molecule has 0 bridgehead atoms. The van der Waals surface area contributed by atoms with Gasteiger partial charge in [0.05, 0.1) is 11.1 Å². The fourth-order valence-electron chi connectivity index (χ4n) is 2.83. The van der Waals surface area contributed by atoms with E-state index >= 15 is 0 Å². The van der Waals surface area contributed by atoms with Crippen LogP contribution in [0.15, 0.2) is 54.4 Å². The molecule has 1 aliphatic heterocycles. The number of hydrogen-bond donors (Lipinski definition) is 1. The Hall–Kier alpha value is -2.83. The van der Waals surface area contributed by atoms with Crippen molar-refractivity contribution in [1.82, 2.24) is 5.32 Å². The average molecular weight is 365 g/mol. The van der Waals surface area contributed by atoms with Gasteiger partial charge in [0, 0.05) is 13.5 Å². The average Bonchev–Trinajstić information content (AvgIpc) is 2.92. The van der Waals surface area contributed by atoms with E-state index in [4.69, 9.17) is 4.74 Å². The van der Waals surface area contributed by atoms with E-state index in [0.29, 0.717) is 5.56 Å². The van der Waals surface area contributed by atoms with Gasteiger partial charge in [0.2, 0.25) is 5.78 Å². The molecule has 1 aliphatic rings. The molecule has 0 radical (unpaired) electrons. The smallest absolute Gasteiger partial charge is 0.416 e. The van der Waals surface area contributed by atoms with E-state index in [2.05, 4.69) is 5.32 Å². The summed E-state index contributed by atoms with van der Waals surface area (Å²) >= 11 is 0. The number of ketones is 1. The molecule has 3 rings (SSSR count). The van der Waals surface area contributed by atoms with Crippen molar-refractivity contribution in [3.05, 3.63) is 76.9 Å². The second-order valence-corrected chi connectivity index (χ2v) is 5.80. The molecule has 136 valence electrons. The SMILES string of the molecule is CNC1=C(c2cccc(C(F)(F)F)c2)C(=O)C(Cc2ccccc2F)O1. The Bertz CT molecular complexity index is 874. The summed E-state index contributed by atoms with van der Waals surface area (Å²) in [7, 11) is 1.50. The summed E-state index contributed by atoms with van der Waals surface area (Å²) in [6, 6.07) is 10.5. The summed E-state index contributed by atoms with van der Waals surface area (Å²) in [5, 5.41) is 2.69. The first-order chi connectivity index (χ1) is 12.3. The third-order valence-electron chi connectivity index (χ3n) is 4.09. The zero-order valence-corrected chi connectivity index (χ0v) is 13.7. The van der Waals surface area contributed by atoms with Crippen molar-refractivity contribution in [1.29, 1.82) is 0 Å². The van der Waals surface area contributed by atoms with Crippen LogP contribution in [0.5, 0.6) is 0 Å². The summed E-state index contributed by atoms with van der Waals surface area (Å²) < 4.78 is 58.2. The van der Waals surface area contributed by atoms with Gasteiger partial charge in [0.25, 0.3) is 0 Å². The van der Waals surface area contributed by atoms with Crippen molar-refractivity contribution in [3.63, 3.8) is 0 Å². The minimum absolute atomic E-state index is 0.0147. The fourth-order valence-corrected chi connectivity index (χ4v) is 2.83. The molecule has 0 aliphatic carbocycles. The predicted molar refractivity (Wildman–Crippen MR) is 87.4 cm³/mol. The lowest BCUT2D eigenvalue weighted by atomic mass is 9.96. The lowest BCUT2D eigenvalue weighted by molar-refractivity contribution is -0.137. The molecule has 1 unspecified atom stereocenters. The maximum absolute atomic E-state index is 13.8. The summed E-state index contributed by atoms with van der Waals surface area (Å²) in [6.07, 6.45) is -5.54. The third-order valence-corrected chi connectivity index (χ3v) is 4.09. The van der Waals surface area contributed by atoms with E-state index in [1.54, 1.807) is 6.07 Å². The van der Waals surface area contributed by atoms with Gasteiger partial charge < -0.3 is 10.1 Å². The second-order valence-electron chi connectivity index (χ2n) is 5.80. The van der Waals surface area contributed by atoms with Crippen LogP contribution in [0, 0.1) is 5.82 Å². The highest BCUT2D eigenvalue weighted by molar-refractivity contribution is 6.25. The molecule has 1 heterocycles. The summed E-state index contributed by atoms with van der Waals surface area (Å²) in [5.41, 5.74) is -0.431. The van der Waals surface area contributed by atoms with Crippen molar-refractivity contribution in [3.8, 4) is 0 Å². The van der Waals surface area contributed by atoms with Crippen LogP contribution in [0.4, 0.5) is 17.6 Å². The highest BCUT2D eigenvalue weighted by Gasteiger charge is 2.37. The molecule has 0 saturated carbocycles. The maximum atomic E-state index is 13.8. The van der Waals surface area contributed by atoms with E-state index in [1.807, 2.05) is 0 Å². The van der Waals surface area contributed by atoms with Gasteiger partial charge in [-0.3, -0.25) is 4.79 Å². The lowest BCUT2D eigenvalue weighted by Crippen LogP contribution is -2.22. The first-order valence-electron chi connectivity index (χ1n) is 7.85. The molecule has 3 nitrogen and oxygen atoms in total. The number of benzene rings is 2. The van der Waals surface area contributed by atoms with Crippen LogP contribution in [-0.4, -0.2) is 18.9 Å². The maximum Gasteiger partial charge on any atom is 0.416 e. The predicted octanol–water partition coefficient (Wildman–Crippen LogP) is 3.94. The molecule has 0 aromatic heterocycles. The molecule has 26 heavy (non-hydrogen) atoms. The van der Waals surface area contributed by atoms with Crippen molar-refractivity contribution < 1.29 is 27.1 Å². The van der Waals surface area contributed by atoms with Gasteiger partial charge >= 0.3 is 6.18 Å². The Balaban J connectivity index is 1.92. The minimum Gasteiger partial charge on any atom is -0.467 e. The lowest BCUT2D eigenvalue weighted by Gasteiger charge is -2.11. The summed E-state index contributed by atoms with van der Waals surface area (Å²) in [5.74, 6) is -0.880. The van der Waals surface area contributed by atoms with Gasteiger partial charge in [0.15, 0.2) is 12.0 Å². The number of halogens is 4. The Labute approximate surface area is 147 Å². The zero-order valence-electron chi connectivity index (χ0n) is 13.7. The Morgan fingerprint density at radius 1 is 1.12 bits per heavy atom. The van der Waals surface area contributed by atoms with Gasteiger partial charge in [-0.1, -0.05) is 30.3 Å². The molecule has 2 aromatic rings. The van der Waals surface area contributed by atoms with Crippen LogP contribution in [0.1, 0.15) is 16.7 Å². The first kappa shape index (κ1) is 18.0. The second kappa shape index (κ2) is 6.82. The number of ether oxygens (including phenoxy) is 1. The van der Waals surface area contributed by atoms with Crippen LogP contribution < -0.4 is 5.32 Å². The molecule has 0 spiro atoms. The molecular formula is C19H15F4NO2. The summed E-state index contributed by atoms with van der Waals surface area (Å²) in [6.45, 7) is 0. The zero-order chi connectivity index (χ0) is 18.9. The van der Waals surface area contributed by atoms with Gasteiger partial charge in [-0.25, -0.2) is 4.39 Å². The van der Waals surface area contributed by atoms with Crippen LogP contribution in [0.2, 0.25) is 0 Å². The van der Waals surface area contributed by atoms with E-state index in [1.165, 1.54) is 37.4 Å². The van der Waals surface area contributed by atoms with Crippen LogP contribution in [0.25, 0.3) is 5.57 Å². The first-order valence-corrected chi connectivity index (χ1v) is 7.85. The van der Waals surface area contributed by atoms with Crippen LogP contribution >= 0.6 is 0 Å². The Morgan fingerprint density at radius 2 is 1.85 bits per heavy atom. The number of rotatable bonds is 4. The number of Topliss-reactive ketones (excluding diaryl/α,β-unsaturated/α-hetero) is 1. The van der Waals surface area contributed by atoms with Crippen LogP contribution in [0.3, 0.4) is 0 Å². The Kier molecular flexibility index (Phi) is 4.71. The quantitative estimate of drug-likeness (QED) is 0.834. The van der Waals surface area contributed by atoms with Gasteiger partial charge in [-0.05, 0) is 29.3 Å². The topological polar surface area (TPSA) is 38.3 Å². The fraction of sp³-hybridized carbons (Fsp3) is 0.211. The molecule has 7 heteroatoms. The molecule has 0 saturated heterocycles. The normalized spacial score (nSPS) is 17.4. The van der Waals surface area contributed by atoms with E-state index in [9.17, 15) is 22.4 Å². The number of carbonyl (C=O) groups excluding carboxylic acids is 1. The highest BCUT2D eigenvalue weighted by atomic mass is 19.4. The van der Waals surface area contributed by atoms with Gasteiger partial charge in [-0.2, -0.15) is 13.2 Å². The third kappa shape index (κ3) is 3.42. The van der Waals surface area contributed by atoms with Crippen molar-refractivity contribution in [2.75, 3.05) is 7.05 Å².